The zero-order chi connectivity index (χ0) is 24.3. The maximum Gasteiger partial charge on any atom is 0.259 e. The van der Waals surface area contributed by atoms with Gasteiger partial charge in [0.1, 0.15) is 0 Å². The largest absolute Gasteiger partial charge is 0.461 e. The fourth-order valence-electron chi connectivity index (χ4n) is 3.71. The highest BCUT2D eigenvalue weighted by Crippen LogP contribution is 2.18. The van der Waals surface area contributed by atoms with Crippen molar-refractivity contribution in [3.8, 4) is 23.0 Å². The molecule has 0 bridgehead atoms. The molecule has 0 aliphatic carbocycles. The van der Waals surface area contributed by atoms with Gasteiger partial charge in [-0.05, 0) is 34.9 Å². The maximum atomic E-state index is 6.04. The summed E-state index contributed by atoms with van der Waals surface area (Å²) in [4.78, 5) is 14.6. The molecule has 4 aromatic heterocycles. The second-order valence-electron chi connectivity index (χ2n) is 8.03. The molecule has 6 aromatic rings. The first-order valence-corrected chi connectivity index (χ1v) is 11.3. The van der Waals surface area contributed by atoms with Crippen LogP contribution in [0.25, 0.3) is 28.8 Å². The van der Waals surface area contributed by atoms with Crippen molar-refractivity contribution < 1.29 is 4.42 Å². The molecule has 12 heteroatoms. The number of rotatable bonds is 8. The van der Waals surface area contributed by atoms with Crippen LogP contribution in [0.3, 0.4) is 0 Å². The number of nitrogens with zero attached hydrogens (tertiary/aromatic N) is 9. The van der Waals surface area contributed by atoms with E-state index in [1.807, 2.05) is 54.6 Å². The van der Waals surface area contributed by atoms with Crippen molar-refractivity contribution in [2.45, 2.75) is 13.0 Å². The summed E-state index contributed by atoms with van der Waals surface area (Å²) in [6.45, 7) is 1.19. The Kier molecular flexibility index (Phi) is 5.50. The first-order valence-electron chi connectivity index (χ1n) is 11.3. The molecule has 12 nitrogen and oxygen atoms in total. The van der Waals surface area contributed by atoms with Crippen LogP contribution in [0, 0.1) is 0 Å². The van der Waals surface area contributed by atoms with Crippen LogP contribution in [0.15, 0.2) is 77.4 Å². The first-order chi connectivity index (χ1) is 17.7. The SMILES string of the molecule is Nc1nc(NCCc2ccc(-c3nnn(Cc4ccccc4)n3)cc2)nc2nc(-c3ccco3)nn12. The van der Waals surface area contributed by atoms with Gasteiger partial charge >= 0.3 is 0 Å². The number of anilines is 2. The Labute approximate surface area is 204 Å². The van der Waals surface area contributed by atoms with E-state index in [-0.39, 0.29) is 5.95 Å². The van der Waals surface area contributed by atoms with E-state index in [4.69, 9.17) is 10.2 Å². The molecule has 0 saturated heterocycles. The number of furan rings is 1. The Morgan fingerprint density at radius 3 is 2.50 bits per heavy atom. The molecule has 36 heavy (non-hydrogen) atoms. The molecule has 178 valence electrons. The summed E-state index contributed by atoms with van der Waals surface area (Å²) in [5.41, 5.74) is 9.21. The lowest BCUT2D eigenvalue weighted by atomic mass is 10.1. The van der Waals surface area contributed by atoms with Gasteiger partial charge in [0.15, 0.2) is 5.76 Å². The molecule has 0 unspecified atom stereocenters. The van der Waals surface area contributed by atoms with Crippen molar-refractivity contribution in [1.82, 2.24) is 44.8 Å². The number of benzene rings is 2. The molecule has 0 aliphatic heterocycles. The molecule has 0 atom stereocenters. The highest BCUT2D eigenvalue weighted by Gasteiger charge is 2.14. The van der Waals surface area contributed by atoms with Gasteiger partial charge in [0.25, 0.3) is 5.78 Å². The van der Waals surface area contributed by atoms with Gasteiger partial charge in [0.05, 0.1) is 12.8 Å². The van der Waals surface area contributed by atoms with Crippen LogP contribution in [-0.4, -0.2) is 51.3 Å². The molecule has 0 spiro atoms. The van der Waals surface area contributed by atoms with E-state index in [9.17, 15) is 0 Å². The maximum absolute atomic E-state index is 6.04. The van der Waals surface area contributed by atoms with Gasteiger partial charge in [-0.25, -0.2) is 0 Å². The van der Waals surface area contributed by atoms with Crippen molar-refractivity contribution in [3.63, 3.8) is 0 Å². The molecule has 2 aromatic carbocycles. The second kappa shape index (κ2) is 9.25. The van der Waals surface area contributed by atoms with Crippen LogP contribution in [0.2, 0.25) is 0 Å². The van der Waals surface area contributed by atoms with Crippen LogP contribution >= 0.6 is 0 Å². The van der Waals surface area contributed by atoms with Crippen molar-refractivity contribution in [2.24, 2.45) is 0 Å². The van der Waals surface area contributed by atoms with Crippen molar-refractivity contribution in [2.75, 3.05) is 17.6 Å². The van der Waals surface area contributed by atoms with Gasteiger partial charge in [-0.3, -0.25) is 0 Å². The molecule has 0 amide bonds. The van der Waals surface area contributed by atoms with E-state index < -0.39 is 0 Å². The van der Waals surface area contributed by atoms with Crippen molar-refractivity contribution >= 4 is 17.7 Å². The normalized spacial score (nSPS) is 11.2. The minimum absolute atomic E-state index is 0.185. The van der Waals surface area contributed by atoms with E-state index in [0.717, 1.165) is 23.1 Å². The molecule has 0 fully saturated rings. The third kappa shape index (κ3) is 4.46. The topological polar surface area (TPSA) is 151 Å². The lowest BCUT2D eigenvalue weighted by Gasteiger charge is -2.06. The molecule has 3 N–H and O–H groups in total. The van der Waals surface area contributed by atoms with Gasteiger partial charge in [-0.2, -0.15) is 24.3 Å². The first kappa shape index (κ1) is 21.4. The minimum atomic E-state index is 0.185. The van der Waals surface area contributed by atoms with Crippen LogP contribution < -0.4 is 11.1 Å². The Morgan fingerprint density at radius 2 is 1.69 bits per heavy atom. The van der Waals surface area contributed by atoms with E-state index in [2.05, 4.69) is 40.8 Å². The summed E-state index contributed by atoms with van der Waals surface area (Å²) in [6.07, 6.45) is 2.31. The predicted molar refractivity (Wildman–Crippen MR) is 132 cm³/mol. The van der Waals surface area contributed by atoms with Crippen LogP contribution in [0.4, 0.5) is 11.9 Å². The standard InChI is InChI=1S/C24H21N11O/c25-22-28-23(29-24-27-21(32-35(22)24)19-7-4-14-36-19)26-13-12-16-8-10-18(11-9-16)20-30-33-34(31-20)15-17-5-2-1-3-6-17/h1-11,14H,12-13,15H2,(H3,25,26,27,28,29,32). The Bertz CT molecular complexity index is 1590. The monoisotopic (exact) mass is 479 g/mol. The molecule has 0 saturated carbocycles. The number of hydrogen-bond acceptors (Lipinski definition) is 10. The number of nitrogens with two attached hydrogens (primary N) is 1. The second-order valence-corrected chi connectivity index (χ2v) is 8.03. The lowest BCUT2D eigenvalue weighted by molar-refractivity contribution is 0.573. The van der Waals surface area contributed by atoms with E-state index in [1.165, 1.54) is 4.52 Å². The zero-order valence-electron chi connectivity index (χ0n) is 19.1. The molecule has 4 heterocycles. The summed E-state index contributed by atoms with van der Waals surface area (Å²) < 4.78 is 6.72. The lowest BCUT2D eigenvalue weighted by Crippen LogP contribution is -2.12. The molecular weight excluding hydrogens is 458 g/mol. The van der Waals surface area contributed by atoms with Crippen molar-refractivity contribution in [1.29, 1.82) is 0 Å². The smallest absolute Gasteiger partial charge is 0.259 e. The molecule has 6 rings (SSSR count). The van der Waals surface area contributed by atoms with Gasteiger partial charge in [-0.15, -0.1) is 15.3 Å². The van der Waals surface area contributed by atoms with E-state index >= 15 is 0 Å². The Hall–Kier alpha value is -5.13. The quantitative estimate of drug-likeness (QED) is 0.333. The average molecular weight is 480 g/mol. The molecule has 0 radical (unpaired) electrons. The zero-order valence-corrected chi connectivity index (χ0v) is 19.1. The summed E-state index contributed by atoms with van der Waals surface area (Å²) in [7, 11) is 0. The van der Waals surface area contributed by atoms with E-state index in [0.29, 0.717) is 42.2 Å². The van der Waals surface area contributed by atoms with Crippen LogP contribution in [0.1, 0.15) is 11.1 Å². The number of tetrazole rings is 1. The number of aromatic nitrogens is 9. The van der Waals surface area contributed by atoms with Gasteiger partial charge in [0.2, 0.25) is 23.5 Å². The van der Waals surface area contributed by atoms with Gasteiger partial charge in [0, 0.05) is 12.1 Å². The fourth-order valence-corrected chi connectivity index (χ4v) is 3.71. The van der Waals surface area contributed by atoms with Crippen molar-refractivity contribution in [3.05, 3.63) is 84.1 Å². The Morgan fingerprint density at radius 1 is 0.833 bits per heavy atom. The Balaban J connectivity index is 1.08. The number of nitrogens with one attached hydrogen (secondary N) is 1. The minimum Gasteiger partial charge on any atom is -0.461 e. The third-order valence-corrected chi connectivity index (χ3v) is 5.50. The van der Waals surface area contributed by atoms with E-state index in [1.54, 1.807) is 23.2 Å². The highest BCUT2D eigenvalue weighted by molar-refractivity contribution is 5.54. The van der Waals surface area contributed by atoms with Gasteiger partial charge < -0.3 is 15.5 Å². The van der Waals surface area contributed by atoms with Crippen LogP contribution in [0.5, 0.6) is 0 Å². The number of hydrogen-bond donors (Lipinski definition) is 2. The number of nitrogen functional groups attached to an aromatic ring is 1. The molecular formula is C24H21N11O. The molecule has 0 aliphatic rings. The summed E-state index contributed by atoms with van der Waals surface area (Å²) in [5.74, 6) is 2.43. The summed E-state index contributed by atoms with van der Waals surface area (Å²) >= 11 is 0. The highest BCUT2D eigenvalue weighted by atomic mass is 16.3. The predicted octanol–water partition coefficient (Wildman–Crippen LogP) is 2.72. The van der Waals surface area contributed by atoms with Gasteiger partial charge in [-0.1, -0.05) is 54.6 Å². The van der Waals surface area contributed by atoms with Crippen LogP contribution in [-0.2, 0) is 13.0 Å². The fraction of sp³-hybridized carbons (Fsp3) is 0.125. The number of fused-ring (bicyclic) bond motifs is 1. The average Bonchev–Trinajstić information content (AvgIpc) is 3.66. The summed E-state index contributed by atoms with van der Waals surface area (Å²) in [6, 6.07) is 21.6. The summed E-state index contributed by atoms with van der Waals surface area (Å²) in [5, 5.41) is 20.3. The third-order valence-electron chi connectivity index (χ3n) is 5.50.